The maximum Gasteiger partial charge on any atom is 0.141 e. The van der Waals surface area contributed by atoms with Gasteiger partial charge < -0.3 is 4.57 Å². The lowest BCUT2D eigenvalue weighted by Crippen LogP contribution is -2.34. The molecule has 0 atom stereocenters. The number of aryl methyl sites for hydroxylation is 1. The molecule has 0 N–H and O–H groups in total. The maximum absolute atomic E-state index is 9.10. The van der Waals surface area contributed by atoms with Crippen molar-refractivity contribution in [1.29, 1.82) is 10.5 Å². The second-order valence-corrected chi connectivity index (χ2v) is 4.20. The molecule has 0 fully saturated rings. The average Bonchev–Trinajstić information content (AvgIpc) is 2.76. The van der Waals surface area contributed by atoms with Gasteiger partial charge in [-0.1, -0.05) is 18.2 Å². The van der Waals surface area contributed by atoms with Gasteiger partial charge in [0, 0.05) is 18.5 Å². The van der Waals surface area contributed by atoms with E-state index in [2.05, 4.69) is 9.56 Å². The Balaban J connectivity index is 2.68. The highest BCUT2D eigenvalue weighted by Gasteiger charge is 2.13. The summed E-state index contributed by atoms with van der Waals surface area (Å²) in [4.78, 5) is 4.49. The SMILES string of the molecule is N#CC(C#N)=c1c2n(c3ccccc13)CCCN=2. The van der Waals surface area contributed by atoms with Crippen LogP contribution in [0.25, 0.3) is 16.5 Å². The van der Waals surface area contributed by atoms with Crippen LogP contribution in [0, 0.1) is 22.7 Å². The summed E-state index contributed by atoms with van der Waals surface area (Å²) in [7, 11) is 0. The molecule has 1 aliphatic heterocycles. The highest BCUT2D eigenvalue weighted by atomic mass is 15.0. The van der Waals surface area contributed by atoms with Gasteiger partial charge in [0.15, 0.2) is 0 Å². The molecule has 4 heteroatoms. The first-order chi connectivity index (χ1) is 8.86. The number of hydrogen-bond acceptors (Lipinski definition) is 3. The van der Waals surface area contributed by atoms with Crippen molar-refractivity contribution in [1.82, 2.24) is 4.57 Å². The summed E-state index contributed by atoms with van der Waals surface area (Å²) in [6.45, 7) is 1.65. The zero-order valence-electron chi connectivity index (χ0n) is 9.72. The van der Waals surface area contributed by atoms with Gasteiger partial charge >= 0.3 is 0 Å². The number of benzene rings is 1. The molecule has 0 spiro atoms. The Hall–Kier alpha value is -2.59. The van der Waals surface area contributed by atoms with Crippen LogP contribution in [0.1, 0.15) is 6.42 Å². The van der Waals surface area contributed by atoms with Gasteiger partial charge in [-0.3, -0.25) is 4.99 Å². The van der Waals surface area contributed by atoms with Gasteiger partial charge in [-0.2, -0.15) is 10.5 Å². The summed E-state index contributed by atoms with van der Waals surface area (Å²) in [5.41, 5.74) is 1.97. The predicted molar refractivity (Wildman–Crippen MR) is 66.8 cm³/mol. The van der Waals surface area contributed by atoms with E-state index in [0.29, 0.717) is 5.22 Å². The Morgan fingerprint density at radius 3 is 2.78 bits per heavy atom. The molecule has 0 radical (unpaired) electrons. The number of nitrogens with zero attached hydrogens (tertiary/aromatic N) is 4. The van der Waals surface area contributed by atoms with Gasteiger partial charge in [0.25, 0.3) is 0 Å². The largest absolute Gasteiger partial charge is 0.325 e. The lowest BCUT2D eigenvalue weighted by Gasteiger charge is -2.08. The Kier molecular flexibility index (Phi) is 2.35. The second-order valence-electron chi connectivity index (χ2n) is 4.20. The summed E-state index contributed by atoms with van der Waals surface area (Å²) in [6, 6.07) is 11.8. The molecule has 0 saturated heterocycles. The van der Waals surface area contributed by atoms with Gasteiger partial charge in [-0.15, -0.1) is 0 Å². The summed E-state index contributed by atoms with van der Waals surface area (Å²) in [5, 5.41) is 19.8. The zero-order chi connectivity index (χ0) is 12.5. The lowest BCUT2D eigenvalue weighted by molar-refractivity contribution is 0.593. The molecule has 0 saturated carbocycles. The van der Waals surface area contributed by atoms with E-state index in [1.54, 1.807) is 0 Å². The third kappa shape index (κ3) is 1.33. The van der Waals surface area contributed by atoms with Gasteiger partial charge in [-0.25, -0.2) is 0 Å². The quantitative estimate of drug-likeness (QED) is 0.678. The van der Waals surface area contributed by atoms with Crippen LogP contribution >= 0.6 is 0 Å². The first-order valence-corrected chi connectivity index (χ1v) is 5.83. The zero-order valence-corrected chi connectivity index (χ0v) is 9.72. The summed E-state index contributed by atoms with van der Waals surface area (Å²) < 4.78 is 2.10. The average molecular weight is 234 g/mol. The fraction of sp³-hybridized carbons (Fsp3) is 0.214. The highest BCUT2D eigenvalue weighted by molar-refractivity contribution is 5.87. The smallest absolute Gasteiger partial charge is 0.141 e. The number of aromatic nitrogens is 1. The van der Waals surface area contributed by atoms with E-state index in [0.717, 1.165) is 35.9 Å². The van der Waals surface area contributed by atoms with E-state index in [4.69, 9.17) is 10.5 Å². The van der Waals surface area contributed by atoms with Gasteiger partial charge in [-0.05, 0) is 12.5 Å². The van der Waals surface area contributed by atoms with Crippen molar-refractivity contribution in [2.45, 2.75) is 13.0 Å². The number of hydrogen-bond donors (Lipinski definition) is 0. The Labute approximate surface area is 104 Å². The Morgan fingerprint density at radius 2 is 2.00 bits per heavy atom. The molecule has 2 aromatic rings. The molecular formula is C14H10N4. The molecule has 1 aromatic carbocycles. The van der Waals surface area contributed by atoms with Crippen molar-refractivity contribution in [3.8, 4) is 12.1 Å². The second kappa shape index (κ2) is 4.01. The molecule has 86 valence electrons. The Morgan fingerprint density at radius 1 is 1.22 bits per heavy atom. The van der Waals surface area contributed by atoms with Crippen molar-refractivity contribution >= 4 is 16.5 Å². The van der Waals surface area contributed by atoms with E-state index in [1.807, 2.05) is 36.4 Å². The number of para-hydroxylation sites is 1. The molecular weight excluding hydrogens is 224 g/mol. The van der Waals surface area contributed by atoms with Crippen molar-refractivity contribution in [3.05, 3.63) is 35.0 Å². The molecule has 2 heterocycles. The molecule has 0 bridgehead atoms. The van der Waals surface area contributed by atoms with E-state index in [-0.39, 0.29) is 5.57 Å². The van der Waals surface area contributed by atoms with E-state index >= 15 is 0 Å². The van der Waals surface area contributed by atoms with Crippen LogP contribution in [-0.4, -0.2) is 11.1 Å². The van der Waals surface area contributed by atoms with E-state index in [1.165, 1.54) is 0 Å². The number of fused-ring (bicyclic) bond motifs is 3. The van der Waals surface area contributed by atoms with Crippen LogP contribution in [0.3, 0.4) is 0 Å². The van der Waals surface area contributed by atoms with Crippen LogP contribution in [-0.2, 0) is 6.54 Å². The van der Waals surface area contributed by atoms with Crippen molar-refractivity contribution in [2.75, 3.05) is 6.54 Å². The van der Waals surface area contributed by atoms with Crippen LogP contribution in [0.4, 0.5) is 0 Å². The molecule has 1 aliphatic rings. The fourth-order valence-corrected chi connectivity index (χ4v) is 2.48. The van der Waals surface area contributed by atoms with Crippen molar-refractivity contribution < 1.29 is 0 Å². The van der Waals surface area contributed by atoms with Crippen molar-refractivity contribution in [3.63, 3.8) is 0 Å². The van der Waals surface area contributed by atoms with E-state index in [9.17, 15) is 0 Å². The van der Waals surface area contributed by atoms with Crippen molar-refractivity contribution in [2.24, 2.45) is 4.99 Å². The lowest BCUT2D eigenvalue weighted by atomic mass is 10.1. The molecule has 0 aliphatic carbocycles. The summed E-state index contributed by atoms with van der Waals surface area (Å²) >= 11 is 0. The number of nitriles is 2. The summed E-state index contributed by atoms with van der Waals surface area (Å²) in [5.74, 6) is 0. The van der Waals surface area contributed by atoms with Crippen LogP contribution in [0.2, 0.25) is 0 Å². The van der Waals surface area contributed by atoms with Crippen LogP contribution in [0.15, 0.2) is 29.3 Å². The van der Waals surface area contributed by atoms with Gasteiger partial charge in [0.2, 0.25) is 0 Å². The molecule has 18 heavy (non-hydrogen) atoms. The number of rotatable bonds is 0. The molecule has 3 rings (SSSR count). The molecule has 0 unspecified atom stereocenters. The minimum absolute atomic E-state index is 0.144. The normalized spacial score (nSPS) is 13.2. The minimum atomic E-state index is 0.144. The topological polar surface area (TPSA) is 64.9 Å². The van der Waals surface area contributed by atoms with E-state index < -0.39 is 0 Å². The first kappa shape index (κ1) is 10.6. The minimum Gasteiger partial charge on any atom is -0.325 e. The van der Waals surface area contributed by atoms with Crippen LogP contribution in [0.5, 0.6) is 0 Å². The van der Waals surface area contributed by atoms with Gasteiger partial charge in [0.1, 0.15) is 23.2 Å². The Bertz CT molecular complexity index is 812. The van der Waals surface area contributed by atoms with Crippen LogP contribution < -0.4 is 10.7 Å². The maximum atomic E-state index is 9.10. The third-order valence-corrected chi connectivity index (χ3v) is 3.22. The molecule has 4 nitrogen and oxygen atoms in total. The molecule has 0 amide bonds. The third-order valence-electron chi connectivity index (χ3n) is 3.22. The predicted octanol–water partition coefficient (Wildman–Crippen LogP) is 0.862. The fourth-order valence-electron chi connectivity index (χ4n) is 2.48. The highest BCUT2D eigenvalue weighted by Crippen LogP contribution is 2.11. The monoisotopic (exact) mass is 234 g/mol. The van der Waals surface area contributed by atoms with Gasteiger partial charge in [0.05, 0.1) is 10.7 Å². The summed E-state index contributed by atoms with van der Waals surface area (Å²) in [6.07, 6.45) is 1.000. The molecule has 1 aromatic heterocycles. The standard InChI is InChI=1S/C14H10N4/c15-8-10(9-16)13-11-4-1-2-5-12(11)18-7-3-6-17-14(13)18/h1-2,4-5H,3,6-7H2. The first-order valence-electron chi connectivity index (χ1n) is 5.83.